The summed E-state index contributed by atoms with van der Waals surface area (Å²) >= 11 is 0. The van der Waals surface area contributed by atoms with E-state index in [9.17, 15) is 0 Å². The molecule has 0 amide bonds. The van der Waals surface area contributed by atoms with Crippen LogP contribution < -0.4 is 9.80 Å². The second-order valence-corrected chi connectivity index (χ2v) is 16.3. The average molecular weight is 736 g/mol. The lowest BCUT2D eigenvalue weighted by molar-refractivity contribution is 0.284. The third-order valence-corrected chi connectivity index (χ3v) is 13.2. The SMILES string of the molecule is CC12C=CC=CC1C1(CCCC1)c1c2ccc2c1c1ccccc1n2-c1cc(N(c2ccccc2)c2ccccc2)cc(N(c2ccccc2)c2ccccc2)c1. The first-order valence-corrected chi connectivity index (χ1v) is 20.5. The van der Waals surface area contributed by atoms with Crippen molar-refractivity contribution in [2.75, 3.05) is 9.80 Å². The molecule has 7 aromatic carbocycles. The number of aromatic nitrogens is 1. The fraction of sp³-hybridized carbons (Fsp3) is 0.148. The minimum atomic E-state index is -0.0172. The van der Waals surface area contributed by atoms with Gasteiger partial charge in [0.05, 0.1) is 28.1 Å². The molecule has 0 aliphatic heterocycles. The average Bonchev–Trinajstić information content (AvgIpc) is 3.95. The third-order valence-electron chi connectivity index (χ3n) is 13.2. The molecule has 8 aromatic rings. The molecule has 3 nitrogen and oxygen atoms in total. The maximum atomic E-state index is 2.55. The minimum Gasteiger partial charge on any atom is -0.310 e. The lowest BCUT2D eigenvalue weighted by atomic mass is 9.64. The number of rotatable bonds is 7. The maximum Gasteiger partial charge on any atom is 0.0544 e. The number of anilines is 6. The van der Waals surface area contributed by atoms with E-state index in [1.807, 2.05) is 0 Å². The highest BCUT2D eigenvalue weighted by molar-refractivity contribution is 6.12. The monoisotopic (exact) mass is 735 g/mol. The van der Waals surface area contributed by atoms with Crippen LogP contribution in [-0.4, -0.2) is 4.57 Å². The van der Waals surface area contributed by atoms with Gasteiger partial charge in [-0.15, -0.1) is 0 Å². The standard InChI is InChI=1S/C54H45N3/c1-53-33-17-16-30-50(53)54(34-18-19-35-54)52-47(53)31-32-49-51(52)46-28-14-15-29-48(46)57(49)45-37-43(55(39-20-6-2-7-21-39)40-22-8-3-9-23-40)36-44(38-45)56(41-24-10-4-11-25-41)42-26-12-5-13-27-42/h2-17,20-33,36-38,50H,18-19,34-35H2,1H3. The van der Waals surface area contributed by atoms with Gasteiger partial charge in [-0.1, -0.05) is 141 Å². The molecule has 57 heavy (non-hydrogen) atoms. The molecular formula is C54H45N3. The minimum absolute atomic E-state index is 0.0172. The number of hydrogen-bond acceptors (Lipinski definition) is 2. The van der Waals surface area contributed by atoms with Gasteiger partial charge in [0.2, 0.25) is 0 Å². The number of allylic oxidation sites excluding steroid dienone is 4. The molecule has 0 saturated heterocycles. The summed E-state index contributed by atoms with van der Waals surface area (Å²) < 4.78 is 2.55. The van der Waals surface area contributed by atoms with E-state index in [4.69, 9.17) is 0 Å². The lowest BCUT2D eigenvalue weighted by Gasteiger charge is -2.38. The lowest BCUT2D eigenvalue weighted by Crippen LogP contribution is -2.36. The van der Waals surface area contributed by atoms with Crippen molar-refractivity contribution in [3.63, 3.8) is 0 Å². The second kappa shape index (κ2) is 13.3. The van der Waals surface area contributed by atoms with Crippen LogP contribution in [0.5, 0.6) is 0 Å². The Bertz CT molecular complexity index is 2630. The van der Waals surface area contributed by atoms with E-state index < -0.39 is 0 Å². The Morgan fingerprint density at radius 2 is 1.02 bits per heavy atom. The Kier molecular flexibility index (Phi) is 7.86. The van der Waals surface area contributed by atoms with Crippen molar-refractivity contribution in [3.8, 4) is 5.69 Å². The van der Waals surface area contributed by atoms with Gasteiger partial charge in [-0.25, -0.2) is 0 Å². The molecule has 0 bridgehead atoms. The van der Waals surface area contributed by atoms with Crippen molar-refractivity contribution in [3.05, 3.63) is 211 Å². The number of fused-ring (bicyclic) bond motifs is 9. The summed E-state index contributed by atoms with van der Waals surface area (Å²) in [6.45, 7) is 2.49. The zero-order valence-electron chi connectivity index (χ0n) is 32.3. The summed E-state index contributed by atoms with van der Waals surface area (Å²) in [6, 6.07) is 64.3. The topological polar surface area (TPSA) is 11.4 Å². The Hall–Kier alpha value is -6.58. The van der Waals surface area contributed by atoms with E-state index in [2.05, 4.69) is 222 Å². The Morgan fingerprint density at radius 1 is 0.509 bits per heavy atom. The van der Waals surface area contributed by atoms with Gasteiger partial charge in [-0.2, -0.15) is 0 Å². The van der Waals surface area contributed by atoms with Gasteiger partial charge in [0, 0.05) is 44.4 Å². The van der Waals surface area contributed by atoms with Crippen LogP contribution in [0.4, 0.5) is 34.1 Å². The summed E-state index contributed by atoms with van der Waals surface area (Å²) in [5.74, 6) is 0.464. The molecule has 0 N–H and O–H groups in total. The van der Waals surface area contributed by atoms with Gasteiger partial charge < -0.3 is 14.4 Å². The normalized spacial score (nSPS) is 18.9. The van der Waals surface area contributed by atoms with Crippen LogP contribution in [-0.2, 0) is 10.8 Å². The quantitative estimate of drug-likeness (QED) is 0.161. The maximum absolute atomic E-state index is 2.55. The van der Waals surface area contributed by atoms with Crippen molar-refractivity contribution >= 4 is 55.9 Å². The summed E-state index contributed by atoms with van der Waals surface area (Å²) in [5.41, 5.74) is 13.5. The van der Waals surface area contributed by atoms with Gasteiger partial charge in [0.15, 0.2) is 0 Å². The molecule has 0 radical (unpaired) electrons. The van der Waals surface area contributed by atoms with Crippen molar-refractivity contribution in [1.29, 1.82) is 0 Å². The predicted octanol–water partition coefficient (Wildman–Crippen LogP) is 14.5. The molecule has 3 aliphatic carbocycles. The second-order valence-electron chi connectivity index (χ2n) is 16.3. The summed E-state index contributed by atoms with van der Waals surface area (Å²) in [5, 5.41) is 2.77. The van der Waals surface area contributed by atoms with Gasteiger partial charge in [0.25, 0.3) is 0 Å². The van der Waals surface area contributed by atoms with Crippen LogP contribution >= 0.6 is 0 Å². The van der Waals surface area contributed by atoms with Crippen molar-refractivity contribution in [2.24, 2.45) is 5.92 Å². The first-order chi connectivity index (χ1) is 28.1. The van der Waals surface area contributed by atoms with E-state index in [-0.39, 0.29) is 10.8 Å². The Labute approximate surface area is 335 Å². The Morgan fingerprint density at radius 3 is 1.56 bits per heavy atom. The molecule has 2 unspecified atom stereocenters. The van der Waals surface area contributed by atoms with Crippen LogP contribution in [0.15, 0.2) is 200 Å². The number of benzene rings is 7. The van der Waals surface area contributed by atoms with Crippen LogP contribution in [0.2, 0.25) is 0 Å². The fourth-order valence-corrected chi connectivity index (χ4v) is 10.9. The van der Waals surface area contributed by atoms with Crippen LogP contribution in [0, 0.1) is 5.92 Å². The van der Waals surface area contributed by atoms with E-state index in [1.54, 1.807) is 5.56 Å². The van der Waals surface area contributed by atoms with E-state index in [1.165, 1.54) is 53.1 Å². The van der Waals surface area contributed by atoms with Crippen LogP contribution in [0.1, 0.15) is 43.7 Å². The molecule has 276 valence electrons. The molecule has 11 rings (SSSR count). The van der Waals surface area contributed by atoms with Crippen LogP contribution in [0.25, 0.3) is 27.5 Å². The fourth-order valence-electron chi connectivity index (χ4n) is 10.9. The predicted molar refractivity (Wildman–Crippen MR) is 239 cm³/mol. The molecule has 2 atom stereocenters. The number of hydrogen-bond donors (Lipinski definition) is 0. The number of nitrogens with zero attached hydrogens (tertiary/aromatic N) is 3. The van der Waals surface area contributed by atoms with E-state index in [0.717, 1.165) is 39.8 Å². The highest BCUT2D eigenvalue weighted by Gasteiger charge is 2.58. The van der Waals surface area contributed by atoms with E-state index >= 15 is 0 Å². The molecular weight excluding hydrogens is 691 g/mol. The molecule has 1 aromatic heterocycles. The molecule has 1 heterocycles. The first kappa shape index (κ1) is 33.7. The van der Waals surface area contributed by atoms with E-state index in [0.29, 0.717) is 5.92 Å². The van der Waals surface area contributed by atoms with Crippen LogP contribution in [0.3, 0.4) is 0 Å². The smallest absolute Gasteiger partial charge is 0.0544 e. The summed E-state index contributed by atoms with van der Waals surface area (Å²) in [7, 11) is 0. The molecule has 3 heteroatoms. The summed E-state index contributed by atoms with van der Waals surface area (Å²) in [6.07, 6.45) is 14.7. The molecule has 1 saturated carbocycles. The van der Waals surface area contributed by atoms with Gasteiger partial charge in [-0.05, 0) is 109 Å². The largest absolute Gasteiger partial charge is 0.310 e. The first-order valence-electron chi connectivity index (χ1n) is 20.5. The molecule has 1 fully saturated rings. The van der Waals surface area contributed by atoms with Crippen molar-refractivity contribution < 1.29 is 0 Å². The third kappa shape index (κ3) is 5.18. The Balaban J connectivity index is 1.23. The zero-order chi connectivity index (χ0) is 38.0. The van der Waals surface area contributed by atoms with Gasteiger partial charge >= 0.3 is 0 Å². The van der Waals surface area contributed by atoms with Gasteiger partial charge in [-0.3, -0.25) is 0 Å². The highest BCUT2D eigenvalue weighted by Crippen LogP contribution is 2.64. The highest BCUT2D eigenvalue weighted by atomic mass is 15.2. The van der Waals surface area contributed by atoms with Crippen molar-refractivity contribution in [2.45, 2.75) is 43.4 Å². The van der Waals surface area contributed by atoms with Gasteiger partial charge in [0.1, 0.15) is 0 Å². The van der Waals surface area contributed by atoms with Crippen molar-refractivity contribution in [1.82, 2.24) is 4.57 Å². The number of para-hydroxylation sites is 5. The molecule has 3 aliphatic rings. The summed E-state index contributed by atoms with van der Waals surface area (Å²) in [4.78, 5) is 4.79. The molecule has 1 spiro atoms. The zero-order valence-corrected chi connectivity index (χ0v) is 32.3.